The monoisotopic (exact) mass is 535 g/mol. The maximum atomic E-state index is 14.2. The van der Waals surface area contributed by atoms with E-state index in [4.69, 9.17) is 4.99 Å². The zero-order valence-corrected chi connectivity index (χ0v) is 24.1. The van der Waals surface area contributed by atoms with Gasteiger partial charge in [0.1, 0.15) is 5.78 Å². The van der Waals surface area contributed by atoms with Crippen molar-refractivity contribution in [3.8, 4) is 0 Å². The fourth-order valence-electron chi connectivity index (χ4n) is 6.41. The van der Waals surface area contributed by atoms with Gasteiger partial charge in [-0.25, -0.2) is 0 Å². The largest absolute Gasteiger partial charge is 0.372 e. The Kier molecular flexibility index (Phi) is 8.78. The Morgan fingerprint density at radius 2 is 1.55 bits per heavy atom. The lowest BCUT2D eigenvalue weighted by atomic mass is 9.72. The molecule has 1 fully saturated rings. The summed E-state index contributed by atoms with van der Waals surface area (Å²) in [7, 11) is 0. The molecule has 0 spiro atoms. The number of benzene rings is 3. The third kappa shape index (κ3) is 5.60. The number of carbonyl (C=O) groups excluding carboxylic acids is 2. The number of ketones is 1. The molecule has 0 aromatic heterocycles. The first-order valence-corrected chi connectivity index (χ1v) is 15.0. The van der Waals surface area contributed by atoms with E-state index in [1.165, 1.54) is 5.56 Å². The molecule has 0 radical (unpaired) electrons. The van der Waals surface area contributed by atoms with Crippen molar-refractivity contribution in [1.82, 2.24) is 0 Å². The molecule has 3 unspecified atom stereocenters. The van der Waals surface area contributed by atoms with Crippen LogP contribution in [0.4, 0.5) is 17.1 Å². The van der Waals surface area contributed by atoms with Gasteiger partial charge in [-0.3, -0.25) is 14.6 Å². The number of fused-ring (bicyclic) bond motifs is 2. The van der Waals surface area contributed by atoms with Crippen molar-refractivity contribution in [2.24, 2.45) is 10.9 Å². The molecular formula is C35H41N3O2. The fourth-order valence-corrected chi connectivity index (χ4v) is 6.41. The van der Waals surface area contributed by atoms with Crippen LogP contribution >= 0.6 is 0 Å². The van der Waals surface area contributed by atoms with Crippen molar-refractivity contribution in [3.63, 3.8) is 0 Å². The number of para-hydroxylation sites is 2. The van der Waals surface area contributed by atoms with Gasteiger partial charge in [0.25, 0.3) is 0 Å². The number of anilines is 2. The van der Waals surface area contributed by atoms with Crippen molar-refractivity contribution in [2.75, 3.05) is 22.9 Å². The second-order valence-corrected chi connectivity index (χ2v) is 11.0. The predicted molar refractivity (Wildman–Crippen MR) is 165 cm³/mol. The molecule has 1 heterocycles. The lowest BCUT2D eigenvalue weighted by Crippen LogP contribution is -2.45. The minimum absolute atomic E-state index is 0.0631. The first-order valence-electron chi connectivity index (χ1n) is 15.0. The van der Waals surface area contributed by atoms with Crippen LogP contribution in [-0.2, 0) is 9.59 Å². The highest BCUT2D eigenvalue weighted by Crippen LogP contribution is 2.47. The maximum Gasteiger partial charge on any atom is 0.227 e. The van der Waals surface area contributed by atoms with E-state index in [1.807, 2.05) is 47.4 Å². The van der Waals surface area contributed by atoms with Crippen LogP contribution in [0.25, 0.3) is 0 Å². The van der Waals surface area contributed by atoms with Gasteiger partial charge in [0.05, 0.1) is 23.3 Å². The van der Waals surface area contributed by atoms with E-state index in [0.29, 0.717) is 19.3 Å². The van der Waals surface area contributed by atoms with E-state index in [-0.39, 0.29) is 17.6 Å². The SMILES string of the molecule is CCCCCC(=O)N1c2ccccc2N=C2CC(c3ccccc3)CC(=O)C2C1c1ccc(N(CC)CC)cc1. The highest BCUT2D eigenvalue weighted by atomic mass is 16.2. The summed E-state index contributed by atoms with van der Waals surface area (Å²) in [5, 5.41) is 0. The maximum absolute atomic E-state index is 14.2. The number of aliphatic imine (C=N–C) groups is 1. The van der Waals surface area contributed by atoms with E-state index in [2.05, 4.69) is 62.1 Å². The number of unbranched alkanes of at least 4 members (excludes halogenated alkanes) is 2. The molecule has 1 amide bonds. The molecule has 2 aliphatic rings. The summed E-state index contributed by atoms with van der Waals surface area (Å²) in [5.41, 5.74) is 5.77. The Labute approximate surface area is 238 Å². The fraction of sp³-hybridized carbons (Fsp3) is 0.400. The zero-order valence-electron chi connectivity index (χ0n) is 24.1. The molecule has 5 heteroatoms. The van der Waals surface area contributed by atoms with Gasteiger partial charge in [-0.2, -0.15) is 0 Å². The summed E-state index contributed by atoms with van der Waals surface area (Å²) in [6.45, 7) is 8.31. The van der Waals surface area contributed by atoms with E-state index in [1.54, 1.807) is 0 Å². The Balaban J connectivity index is 1.62. The third-order valence-electron chi connectivity index (χ3n) is 8.51. The van der Waals surface area contributed by atoms with Gasteiger partial charge in [0.15, 0.2) is 0 Å². The molecule has 1 saturated carbocycles. The lowest BCUT2D eigenvalue weighted by molar-refractivity contribution is -0.123. The van der Waals surface area contributed by atoms with Crippen molar-refractivity contribution in [2.45, 2.75) is 71.3 Å². The van der Waals surface area contributed by atoms with Crippen molar-refractivity contribution in [3.05, 3.63) is 90.0 Å². The van der Waals surface area contributed by atoms with Gasteiger partial charge in [0.2, 0.25) is 5.91 Å². The highest BCUT2D eigenvalue weighted by molar-refractivity contribution is 6.13. The van der Waals surface area contributed by atoms with Gasteiger partial charge in [0, 0.05) is 37.3 Å². The van der Waals surface area contributed by atoms with Crippen molar-refractivity contribution in [1.29, 1.82) is 0 Å². The number of carbonyl (C=O) groups is 2. The summed E-state index contributed by atoms with van der Waals surface area (Å²) in [5.74, 6) is -0.154. The Morgan fingerprint density at radius 3 is 2.25 bits per heavy atom. The molecule has 3 aromatic rings. The number of Topliss-reactive ketones (excluding diaryl/α,β-unsaturated/α-hetero) is 1. The smallest absolute Gasteiger partial charge is 0.227 e. The first-order chi connectivity index (χ1) is 19.5. The van der Waals surface area contributed by atoms with Crippen LogP contribution in [0.2, 0.25) is 0 Å². The van der Waals surface area contributed by atoms with Crippen LogP contribution in [-0.4, -0.2) is 30.5 Å². The Morgan fingerprint density at radius 1 is 0.850 bits per heavy atom. The van der Waals surface area contributed by atoms with Gasteiger partial charge in [-0.05, 0) is 68.0 Å². The summed E-state index contributed by atoms with van der Waals surface area (Å²) in [6.07, 6.45) is 4.52. The molecule has 0 bridgehead atoms. The second-order valence-electron chi connectivity index (χ2n) is 11.0. The van der Waals surface area contributed by atoms with E-state index in [9.17, 15) is 9.59 Å². The number of hydrogen-bond donors (Lipinski definition) is 0. The van der Waals surface area contributed by atoms with Crippen LogP contribution in [0.1, 0.15) is 82.4 Å². The molecule has 3 atom stereocenters. The average Bonchev–Trinajstić information content (AvgIpc) is 3.13. The van der Waals surface area contributed by atoms with Crippen LogP contribution in [0.3, 0.4) is 0 Å². The molecule has 5 nitrogen and oxygen atoms in total. The highest BCUT2D eigenvalue weighted by Gasteiger charge is 2.46. The lowest BCUT2D eigenvalue weighted by Gasteiger charge is -2.39. The normalized spacial score (nSPS) is 20.3. The van der Waals surface area contributed by atoms with Crippen molar-refractivity contribution >= 4 is 34.5 Å². The van der Waals surface area contributed by atoms with E-state index < -0.39 is 12.0 Å². The van der Waals surface area contributed by atoms with Gasteiger partial charge in [-0.15, -0.1) is 0 Å². The molecule has 5 rings (SSSR count). The van der Waals surface area contributed by atoms with Gasteiger partial charge >= 0.3 is 0 Å². The summed E-state index contributed by atoms with van der Waals surface area (Å²) in [4.78, 5) is 37.6. The third-order valence-corrected chi connectivity index (χ3v) is 8.51. The molecule has 208 valence electrons. The molecule has 40 heavy (non-hydrogen) atoms. The Hall–Kier alpha value is -3.73. The average molecular weight is 536 g/mol. The second kappa shape index (κ2) is 12.6. The topological polar surface area (TPSA) is 53.0 Å². The summed E-state index contributed by atoms with van der Waals surface area (Å²) >= 11 is 0. The first kappa shape index (κ1) is 27.8. The summed E-state index contributed by atoms with van der Waals surface area (Å²) in [6, 6.07) is 26.3. The van der Waals surface area contributed by atoms with Crippen LogP contribution in [0, 0.1) is 5.92 Å². The van der Waals surface area contributed by atoms with Gasteiger partial charge in [-0.1, -0.05) is 74.4 Å². The van der Waals surface area contributed by atoms with Crippen LogP contribution in [0.15, 0.2) is 83.9 Å². The predicted octanol–water partition coefficient (Wildman–Crippen LogP) is 8.04. The zero-order chi connectivity index (χ0) is 28.1. The minimum Gasteiger partial charge on any atom is -0.372 e. The molecule has 3 aromatic carbocycles. The molecule has 1 aliphatic carbocycles. The molecule has 0 N–H and O–H groups in total. The van der Waals surface area contributed by atoms with Crippen LogP contribution in [0.5, 0.6) is 0 Å². The van der Waals surface area contributed by atoms with Gasteiger partial charge < -0.3 is 9.80 Å². The standard InChI is InChI=1S/C35H41N3O2/c1-4-7-9-18-33(40)38-31-17-13-12-16-29(31)36-30-23-27(25-14-10-8-11-15-25)24-32(39)34(30)35(38)26-19-21-28(22-20-26)37(5-2)6-3/h8,10-17,19-22,27,34-35H,4-7,9,18,23-24H2,1-3H3. The number of rotatable bonds is 9. The van der Waals surface area contributed by atoms with E-state index >= 15 is 0 Å². The quantitative estimate of drug-likeness (QED) is 0.261. The molecular weight excluding hydrogens is 494 g/mol. The summed E-state index contributed by atoms with van der Waals surface area (Å²) < 4.78 is 0. The van der Waals surface area contributed by atoms with Crippen LogP contribution < -0.4 is 9.80 Å². The molecule has 0 saturated heterocycles. The number of amides is 1. The number of hydrogen-bond acceptors (Lipinski definition) is 4. The molecule has 1 aliphatic heterocycles. The number of nitrogens with zero attached hydrogens (tertiary/aromatic N) is 3. The van der Waals surface area contributed by atoms with Crippen molar-refractivity contribution < 1.29 is 9.59 Å². The van der Waals surface area contributed by atoms with E-state index in [0.717, 1.165) is 60.7 Å². The Bertz CT molecular complexity index is 1340. The minimum atomic E-state index is -0.471.